The molecule has 0 atom stereocenters. The van der Waals surface area contributed by atoms with E-state index in [2.05, 4.69) is 24.1 Å². The number of halogens is 1. The maximum absolute atomic E-state index is 12.8. The van der Waals surface area contributed by atoms with Gasteiger partial charge in [0, 0.05) is 29.9 Å². The van der Waals surface area contributed by atoms with Crippen molar-refractivity contribution in [3.8, 4) is 0 Å². The van der Waals surface area contributed by atoms with E-state index in [0.29, 0.717) is 12.2 Å². The van der Waals surface area contributed by atoms with Gasteiger partial charge in [-0.2, -0.15) is 4.39 Å². The largest absolute Gasteiger partial charge is 0.396 e. The summed E-state index contributed by atoms with van der Waals surface area (Å²) in [5, 5.41) is 12.5. The van der Waals surface area contributed by atoms with Gasteiger partial charge in [0.2, 0.25) is 5.95 Å². The van der Waals surface area contributed by atoms with Crippen molar-refractivity contribution in [2.24, 2.45) is 5.41 Å². The fourth-order valence-electron chi connectivity index (χ4n) is 1.58. The van der Waals surface area contributed by atoms with Gasteiger partial charge in [-0.3, -0.25) is 0 Å². The zero-order valence-electron chi connectivity index (χ0n) is 9.83. The van der Waals surface area contributed by atoms with Gasteiger partial charge < -0.3 is 10.4 Å². The van der Waals surface area contributed by atoms with E-state index in [1.807, 2.05) is 0 Å². The molecule has 0 fully saturated rings. The first-order chi connectivity index (χ1) is 7.65. The lowest BCUT2D eigenvalue weighted by atomic mass is 9.83. The maximum atomic E-state index is 12.8. The molecule has 0 aliphatic carbocycles. The number of hydrogen-bond donors (Lipinski definition) is 2. The molecule has 0 radical (unpaired) electrons. The molecule has 0 aromatic carbocycles. The molecular formula is C12H19FN2O. The van der Waals surface area contributed by atoms with Crippen LogP contribution < -0.4 is 5.32 Å². The molecule has 2 N–H and O–H groups in total. The summed E-state index contributed by atoms with van der Waals surface area (Å²) >= 11 is 0. The van der Waals surface area contributed by atoms with Crippen molar-refractivity contribution in [3.63, 3.8) is 0 Å². The van der Waals surface area contributed by atoms with E-state index >= 15 is 0 Å². The molecule has 0 spiro atoms. The Morgan fingerprint density at radius 2 is 2.12 bits per heavy atom. The van der Waals surface area contributed by atoms with Gasteiger partial charge in [0.15, 0.2) is 0 Å². The van der Waals surface area contributed by atoms with Crippen LogP contribution in [0.15, 0.2) is 18.3 Å². The monoisotopic (exact) mass is 226 g/mol. The third-order valence-electron chi connectivity index (χ3n) is 3.23. The molecule has 16 heavy (non-hydrogen) atoms. The standard InChI is InChI=1S/C12H19FN2O/c1-3-12(4-2,9-16)8-15-10-5-6-14-11(13)7-10/h5-7,16H,3-4,8-9H2,1-2H3,(H,14,15). The SMILES string of the molecule is CCC(CC)(CO)CNc1ccnc(F)c1. The third kappa shape index (κ3) is 3.17. The summed E-state index contributed by atoms with van der Waals surface area (Å²) in [6.45, 7) is 4.88. The number of aliphatic hydroxyl groups excluding tert-OH is 1. The Morgan fingerprint density at radius 3 is 2.62 bits per heavy atom. The molecule has 90 valence electrons. The van der Waals surface area contributed by atoms with Crippen molar-refractivity contribution in [1.29, 1.82) is 0 Å². The van der Waals surface area contributed by atoms with Crippen LogP contribution in [0.1, 0.15) is 26.7 Å². The molecule has 0 saturated carbocycles. The van der Waals surface area contributed by atoms with Gasteiger partial charge in [0.1, 0.15) is 0 Å². The van der Waals surface area contributed by atoms with E-state index in [1.54, 1.807) is 6.07 Å². The van der Waals surface area contributed by atoms with Crippen LogP contribution in [0, 0.1) is 11.4 Å². The van der Waals surface area contributed by atoms with E-state index in [1.165, 1.54) is 12.3 Å². The lowest BCUT2D eigenvalue weighted by Crippen LogP contribution is -2.32. The van der Waals surface area contributed by atoms with Crippen LogP contribution in [0.4, 0.5) is 10.1 Å². The second-order valence-electron chi connectivity index (χ2n) is 4.09. The van der Waals surface area contributed by atoms with Gasteiger partial charge >= 0.3 is 0 Å². The molecule has 0 aliphatic rings. The molecule has 1 rings (SSSR count). The van der Waals surface area contributed by atoms with Crippen molar-refractivity contribution in [2.45, 2.75) is 26.7 Å². The van der Waals surface area contributed by atoms with Crippen LogP contribution in [-0.2, 0) is 0 Å². The van der Waals surface area contributed by atoms with Gasteiger partial charge in [-0.25, -0.2) is 4.98 Å². The van der Waals surface area contributed by atoms with Gasteiger partial charge in [-0.15, -0.1) is 0 Å². The zero-order chi connectivity index (χ0) is 12.0. The van der Waals surface area contributed by atoms with Crippen molar-refractivity contribution in [2.75, 3.05) is 18.5 Å². The van der Waals surface area contributed by atoms with Crippen LogP contribution in [0.3, 0.4) is 0 Å². The highest BCUT2D eigenvalue weighted by molar-refractivity contribution is 5.41. The Bertz CT molecular complexity index is 318. The van der Waals surface area contributed by atoms with E-state index < -0.39 is 5.95 Å². The second-order valence-corrected chi connectivity index (χ2v) is 4.09. The lowest BCUT2D eigenvalue weighted by molar-refractivity contribution is 0.127. The highest BCUT2D eigenvalue weighted by atomic mass is 19.1. The maximum Gasteiger partial charge on any atom is 0.214 e. The van der Waals surface area contributed by atoms with Crippen molar-refractivity contribution in [3.05, 3.63) is 24.3 Å². The molecule has 0 unspecified atom stereocenters. The number of aromatic nitrogens is 1. The van der Waals surface area contributed by atoms with E-state index in [-0.39, 0.29) is 12.0 Å². The zero-order valence-corrected chi connectivity index (χ0v) is 9.83. The van der Waals surface area contributed by atoms with Gasteiger partial charge in [-0.05, 0) is 18.9 Å². The Morgan fingerprint density at radius 1 is 1.44 bits per heavy atom. The van der Waals surface area contributed by atoms with E-state index in [4.69, 9.17) is 0 Å². The van der Waals surface area contributed by atoms with Crippen LogP contribution in [0.5, 0.6) is 0 Å². The first-order valence-electron chi connectivity index (χ1n) is 5.62. The first kappa shape index (κ1) is 12.9. The van der Waals surface area contributed by atoms with Crippen molar-refractivity contribution < 1.29 is 9.50 Å². The predicted molar refractivity (Wildman–Crippen MR) is 62.8 cm³/mol. The summed E-state index contributed by atoms with van der Waals surface area (Å²) in [6, 6.07) is 3.07. The minimum Gasteiger partial charge on any atom is -0.396 e. The number of nitrogens with one attached hydrogen (secondary N) is 1. The molecule has 3 nitrogen and oxygen atoms in total. The Hall–Kier alpha value is -1.16. The highest BCUT2D eigenvalue weighted by Gasteiger charge is 2.24. The molecule has 4 heteroatoms. The number of nitrogens with zero attached hydrogens (tertiary/aromatic N) is 1. The van der Waals surface area contributed by atoms with Gasteiger partial charge in [0.25, 0.3) is 0 Å². The topological polar surface area (TPSA) is 45.1 Å². The molecule has 1 aromatic rings. The molecule has 0 aliphatic heterocycles. The van der Waals surface area contributed by atoms with Gasteiger partial charge in [0.05, 0.1) is 6.61 Å². The highest BCUT2D eigenvalue weighted by Crippen LogP contribution is 2.26. The van der Waals surface area contributed by atoms with Gasteiger partial charge in [-0.1, -0.05) is 13.8 Å². The number of anilines is 1. The normalized spacial score (nSPS) is 11.5. The summed E-state index contributed by atoms with van der Waals surface area (Å²) in [6.07, 6.45) is 3.21. The Balaban J connectivity index is 2.62. The fraction of sp³-hybridized carbons (Fsp3) is 0.583. The fourth-order valence-corrected chi connectivity index (χ4v) is 1.58. The van der Waals surface area contributed by atoms with Crippen LogP contribution in [0.2, 0.25) is 0 Å². The Labute approximate surface area is 95.7 Å². The molecular weight excluding hydrogens is 207 g/mol. The summed E-state index contributed by atoms with van der Waals surface area (Å²) in [7, 11) is 0. The lowest BCUT2D eigenvalue weighted by Gasteiger charge is -2.29. The molecule has 1 aromatic heterocycles. The third-order valence-corrected chi connectivity index (χ3v) is 3.23. The van der Waals surface area contributed by atoms with Crippen LogP contribution in [0.25, 0.3) is 0 Å². The van der Waals surface area contributed by atoms with Crippen molar-refractivity contribution in [1.82, 2.24) is 4.98 Å². The summed E-state index contributed by atoms with van der Waals surface area (Å²) in [5.41, 5.74) is 0.576. The average molecular weight is 226 g/mol. The number of aliphatic hydroxyl groups is 1. The van der Waals surface area contributed by atoms with E-state index in [9.17, 15) is 9.50 Å². The smallest absolute Gasteiger partial charge is 0.214 e. The van der Waals surface area contributed by atoms with Crippen molar-refractivity contribution >= 4 is 5.69 Å². The number of hydrogen-bond acceptors (Lipinski definition) is 3. The molecule has 0 amide bonds. The quantitative estimate of drug-likeness (QED) is 0.732. The number of rotatable bonds is 6. The van der Waals surface area contributed by atoms with E-state index in [0.717, 1.165) is 12.8 Å². The first-order valence-corrected chi connectivity index (χ1v) is 5.62. The summed E-state index contributed by atoms with van der Waals surface area (Å²) < 4.78 is 12.8. The molecule has 0 saturated heterocycles. The van der Waals surface area contributed by atoms with Crippen LogP contribution >= 0.6 is 0 Å². The Kier molecular flexibility index (Phi) is 4.68. The predicted octanol–water partition coefficient (Wildman–Crippen LogP) is 2.43. The molecule has 0 bridgehead atoms. The number of pyridine rings is 1. The molecule has 1 heterocycles. The minimum absolute atomic E-state index is 0.125. The second kappa shape index (κ2) is 5.80. The summed E-state index contributed by atoms with van der Waals surface area (Å²) in [4.78, 5) is 3.49. The summed E-state index contributed by atoms with van der Waals surface area (Å²) in [5.74, 6) is -0.493. The minimum atomic E-state index is -0.493. The average Bonchev–Trinajstić information content (AvgIpc) is 2.32. The van der Waals surface area contributed by atoms with Crippen LogP contribution in [-0.4, -0.2) is 23.2 Å².